The molecule has 0 aliphatic carbocycles. The lowest BCUT2D eigenvalue weighted by Gasteiger charge is -2.12. The van der Waals surface area contributed by atoms with Crippen LogP contribution in [0.4, 0.5) is 0 Å². The molecule has 1 aliphatic heterocycles. The molecule has 2 nitrogen and oxygen atoms in total. The number of rotatable bonds is 0. The summed E-state index contributed by atoms with van der Waals surface area (Å²) < 4.78 is 5.54. The molecule has 0 saturated carbocycles. The Hall–Kier alpha value is -0.790. The van der Waals surface area contributed by atoms with Crippen LogP contribution in [0.15, 0.2) is 12.2 Å². The van der Waals surface area contributed by atoms with Crippen LogP contribution in [0.5, 0.6) is 0 Å². The molecule has 0 aromatic carbocycles. The van der Waals surface area contributed by atoms with Gasteiger partial charge in [0.25, 0.3) is 0 Å². The van der Waals surface area contributed by atoms with Crippen LogP contribution in [-0.2, 0) is 9.53 Å². The van der Waals surface area contributed by atoms with E-state index in [4.69, 9.17) is 4.74 Å². The second-order valence-corrected chi connectivity index (χ2v) is 12.6. The summed E-state index contributed by atoms with van der Waals surface area (Å²) >= 11 is 0. The number of carbonyl (C=O) groups is 1. The van der Waals surface area contributed by atoms with Gasteiger partial charge in [-0.05, 0) is 44.4 Å². The maximum Gasteiger partial charge on any atom is 0.305 e. The molecule has 0 aromatic heterocycles. The van der Waals surface area contributed by atoms with Gasteiger partial charge < -0.3 is 4.74 Å². The van der Waals surface area contributed by atoms with Crippen LogP contribution in [0, 0.1) is 5.92 Å². The van der Waals surface area contributed by atoms with E-state index in [9.17, 15) is 4.79 Å². The second kappa shape index (κ2) is 29.2. The van der Waals surface area contributed by atoms with Gasteiger partial charge >= 0.3 is 5.97 Å². The molecule has 0 aromatic rings. The van der Waals surface area contributed by atoms with E-state index < -0.39 is 0 Å². The van der Waals surface area contributed by atoms with Crippen LogP contribution in [0.2, 0.25) is 0 Å². The quantitative estimate of drug-likeness (QED) is 0.229. The monoisotopic (exact) mass is 533 g/mol. The Bertz CT molecular complexity index is 511. The molecule has 224 valence electrons. The topological polar surface area (TPSA) is 26.3 Å². The molecular weight excluding hydrogens is 464 g/mol. The fraction of sp³-hybridized carbons (Fsp3) is 0.917. The summed E-state index contributed by atoms with van der Waals surface area (Å²) in [5.41, 5.74) is 0. The van der Waals surface area contributed by atoms with Crippen molar-refractivity contribution >= 4 is 5.97 Å². The number of allylic oxidation sites excluding steroid dienone is 2. The van der Waals surface area contributed by atoms with Crippen LogP contribution in [0.3, 0.4) is 0 Å². The van der Waals surface area contributed by atoms with Crippen LogP contribution in [0.25, 0.3) is 0 Å². The number of cyclic esters (lactones) is 1. The zero-order valence-electron chi connectivity index (χ0n) is 26.0. The first-order valence-corrected chi connectivity index (χ1v) is 17.6. The third kappa shape index (κ3) is 26.8. The van der Waals surface area contributed by atoms with E-state index in [1.54, 1.807) is 0 Å². The zero-order chi connectivity index (χ0) is 27.2. The molecule has 0 spiro atoms. The molecule has 1 atom stereocenters. The van der Waals surface area contributed by atoms with E-state index >= 15 is 0 Å². The van der Waals surface area contributed by atoms with Crippen molar-refractivity contribution in [2.75, 3.05) is 6.61 Å². The Kier molecular flexibility index (Phi) is 27.1. The van der Waals surface area contributed by atoms with Crippen molar-refractivity contribution in [2.24, 2.45) is 5.92 Å². The highest BCUT2D eigenvalue weighted by Gasteiger charge is 2.07. The second-order valence-electron chi connectivity index (χ2n) is 12.6. The third-order valence-corrected chi connectivity index (χ3v) is 8.51. The summed E-state index contributed by atoms with van der Waals surface area (Å²) in [4.78, 5) is 12.0. The first-order valence-electron chi connectivity index (χ1n) is 17.6. The Morgan fingerprint density at radius 3 is 1.18 bits per heavy atom. The van der Waals surface area contributed by atoms with Gasteiger partial charge in [0.1, 0.15) is 0 Å². The predicted molar refractivity (Wildman–Crippen MR) is 168 cm³/mol. The normalized spacial score (nSPS) is 25.6. The van der Waals surface area contributed by atoms with Gasteiger partial charge in [-0.3, -0.25) is 4.79 Å². The van der Waals surface area contributed by atoms with Crippen molar-refractivity contribution in [1.29, 1.82) is 0 Å². The number of ether oxygens (including phenoxy) is 1. The zero-order valence-corrected chi connectivity index (χ0v) is 26.0. The summed E-state index contributed by atoms with van der Waals surface area (Å²) in [7, 11) is 0. The van der Waals surface area contributed by atoms with Crippen molar-refractivity contribution in [3.63, 3.8) is 0 Å². The minimum Gasteiger partial charge on any atom is -0.465 e. The molecule has 0 fully saturated rings. The van der Waals surface area contributed by atoms with E-state index in [0.29, 0.717) is 18.9 Å². The molecule has 0 saturated heterocycles. The van der Waals surface area contributed by atoms with Gasteiger partial charge in [-0.25, -0.2) is 0 Å². The largest absolute Gasteiger partial charge is 0.465 e. The molecule has 1 aliphatic rings. The fourth-order valence-electron chi connectivity index (χ4n) is 5.80. The highest BCUT2D eigenvalue weighted by molar-refractivity contribution is 5.69. The van der Waals surface area contributed by atoms with E-state index in [-0.39, 0.29) is 5.97 Å². The molecule has 38 heavy (non-hydrogen) atoms. The maximum atomic E-state index is 12.0. The van der Waals surface area contributed by atoms with Crippen molar-refractivity contribution < 1.29 is 9.53 Å². The summed E-state index contributed by atoms with van der Waals surface area (Å²) in [6.45, 7) is 2.85. The smallest absolute Gasteiger partial charge is 0.305 e. The Morgan fingerprint density at radius 2 is 0.789 bits per heavy atom. The summed E-state index contributed by atoms with van der Waals surface area (Å²) in [5, 5.41) is 0. The average molecular weight is 533 g/mol. The average Bonchev–Trinajstić information content (AvgIpc) is 2.92. The predicted octanol–water partition coefficient (Wildman–Crippen LogP) is 12.4. The van der Waals surface area contributed by atoms with Crippen LogP contribution in [-0.4, -0.2) is 12.6 Å². The molecule has 0 radical (unpaired) electrons. The first-order chi connectivity index (χ1) is 18.8. The van der Waals surface area contributed by atoms with Gasteiger partial charge in [0.2, 0.25) is 0 Å². The number of hydrogen-bond donors (Lipinski definition) is 0. The Balaban J connectivity index is 2.13. The van der Waals surface area contributed by atoms with E-state index in [1.165, 1.54) is 180 Å². The van der Waals surface area contributed by atoms with Gasteiger partial charge in [0.05, 0.1) is 6.61 Å². The molecule has 1 rings (SSSR count). The Morgan fingerprint density at radius 1 is 0.474 bits per heavy atom. The van der Waals surface area contributed by atoms with Crippen molar-refractivity contribution in [3.8, 4) is 0 Å². The molecule has 1 heterocycles. The summed E-state index contributed by atoms with van der Waals surface area (Å²) in [6, 6.07) is 0. The molecule has 1 unspecified atom stereocenters. The van der Waals surface area contributed by atoms with Crippen molar-refractivity contribution in [3.05, 3.63) is 12.2 Å². The number of esters is 1. The van der Waals surface area contributed by atoms with Gasteiger partial charge in [-0.2, -0.15) is 0 Å². The van der Waals surface area contributed by atoms with Crippen LogP contribution >= 0.6 is 0 Å². The first kappa shape index (κ1) is 35.2. The number of carbonyl (C=O) groups excluding carboxylic acids is 1. The highest BCUT2D eigenvalue weighted by atomic mass is 16.5. The lowest BCUT2D eigenvalue weighted by atomic mass is 10.0. The van der Waals surface area contributed by atoms with Crippen LogP contribution in [0.1, 0.15) is 200 Å². The summed E-state index contributed by atoms with van der Waals surface area (Å²) in [5.74, 6) is 0.520. The van der Waals surface area contributed by atoms with E-state index in [0.717, 1.165) is 6.42 Å². The van der Waals surface area contributed by atoms with Crippen molar-refractivity contribution in [1.82, 2.24) is 0 Å². The molecule has 0 N–H and O–H groups in total. The maximum absolute atomic E-state index is 12.0. The minimum atomic E-state index is 0.0214. The molecule has 2 heteroatoms. The van der Waals surface area contributed by atoms with E-state index in [1.807, 2.05) is 0 Å². The fourth-order valence-corrected chi connectivity index (χ4v) is 5.80. The SMILES string of the molecule is CC1CCCCCCC/C=C\CCCCCCCCCCCCCCCCCCCCCCCC(=O)OC1. The lowest BCUT2D eigenvalue weighted by molar-refractivity contribution is -0.145. The number of hydrogen-bond acceptors (Lipinski definition) is 2. The van der Waals surface area contributed by atoms with Crippen LogP contribution < -0.4 is 0 Å². The van der Waals surface area contributed by atoms with Gasteiger partial charge in [0.15, 0.2) is 0 Å². The van der Waals surface area contributed by atoms with Gasteiger partial charge in [-0.15, -0.1) is 0 Å². The lowest BCUT2D eigenvalue weighted by Crippen LogP contribution is -2.11. The van der Waals surface area contributed by atoms with Gasteiger partial charge in [0, 0.05) is 6.42 Å². The summed E-state index contributed by atoms with van der Waals surface area (Å²) in [6.07, 6.45) is 45.0. The third-order valence-electron chi connectivity index (χ3n) is 8.51. The molecule has 0 amide bonds. The van der Waals surface area contributed by atoms with Crippen molar-refractivity contribution in [2.45, 2.75) is 200 Å². The highest BCUT2D eigenvalue weighted by Crippen LogP contribution is 2.17. The minimum absolute atomic E-state index is 0.0214. The molecule has 0 bridgehead atoms. The van der Waals surface area contributed by atoms with E-state index in [2.05, 4.69) is 19.1 Å². The molecular formula is C36H68O2. The standard InChI is InChI=1S/C36H68O2/c1-35-32-30-28-26-24-22-20-18-16-14-12-10-8-6-4-2-3-5-7-9-11-13-15-17-19-21-23-25-27-29-31-33-36(37)38-34-35/h16,18,35H,2-15,17,19-34H2,1H3/b18-16-. The Labute approximate surface area is 239 Å². The van der Waals surface area contributed by atoms with Gasteiger partial charge in [-0.1, -0.05) is 167 Å².